The van der Waals surface area contributed by atoms with Crippen molar-refractivity contribution >= 4 is 29.9 Å². The maximum Gasteiger partial charge on any atom is 0.188 e. The number of halogens is 1. The quantitative estimate of drug-likeness (QED) is 0.263. The van der Waals surface area contributed by atoms with E-state index in [1.165, 1.54) is 12.8 Å². The van der Waals surface area contributed by atoms with Gasteiger partial charge in [0, 0.05) is 32.9 Å². The van der Waals surface area contributed by atoms with Gasteiger partial charge >= 0.3 is 0 Å². The molecule has 0 bridgehead atoms. The number of rotatable bonds is 10. The molecule has 0 aromatic rings. The Morgan fingerprint density at radius 2 is 2.11 bits per heavy atom. The van der Waals surface area contributed by atoms with E-state index in [4.69, 9.17) is 15.2 Å². The number of hydrogen-bond acceptors (Lipinski definition) is 3. The van der Waals surface area contributed by atoms with Crippen LogP contribution in [0.1, 0.15) is 26.2 Å². The molecule has 0 amide bonds. The summed E-state index contributed by atoms with van der Waals surface area (Å²) < 4.78 is 10.7. The standard InChI is InChI=1S/C12H25N3O2.HI/c1-2-16-8-3-6-14-12(13)15-7-9-17-10-11-4-5-11;/h11H,2-10H2,1H3,(H3,13,14,15);1H. The van der Waals surface area contributed by atoms with Gasteiger partial charge in [0.15, 0.2) is 5.96 Å². The molecule has 5 nitrogen and oxygen atoms in total. The number of nitrogens with one attached hydrogen (secondary N) is 1. The molecule has 0 aliphatic heterocycles. The minimum atomic E-state index is 0. The molecule has 6 heteroatoms. The van der Waals surface area contributed by atoms with E-state index < -0.39 is 0 Å². The highest BCUT2D eigenvalue weighted by Gasteiger charge is 2.20. The predicted molar refractivity (Wildman–Crippen MR) is 84.6 cm³/mol. The van der Waals surface area contributed by atoms with Crippen molar-refractivity contribution in [2.45, 2.75) is 26.2 Å². The van der Waals surface area contributed by atoms with Gasteiger partial charge in [-0.2, -0.15) is 0 Å². The Balaban J connectivity index is 0.00000289. The van der Waals surface area contributed by atoms with Crippen LogP contribution in [0.3, 0.4) is 0 Å². The number of nitrogens with zero attached hydrogens (tertiary/aromatic N) is 1. The van der Waals surface area contributed by atoms with E-state index in [1.807, 2.05) is 6.92 Å². The Morgan fingerprint density at radius 1 is 1.33 bits per heavy atom. The molecule has 0 atom stereocenters. The molecule has 3 N–H and O–H groups in total. The van der Waals surface area contributed by atoms with Gasteiger partial charge in [0.25, 0.3) is 0 Å². The van der Waals surface area contributed by atoms with Gasteiger partial charge in [-0.25, -0.2) is 0 Å². The van der Waals surface area contributed by atoms with Crippen LogP contribution in [-0.4, -0.2) is 45.5 Å². The summed E-state index contributed by atoms with van der Waals surface area (Å²) in [7, 11) is 0. The largest absolute Gasteiger partial charge is 0.382 e. The zero-order valence-corrected chi connectivity index (χ0v) is 13.5. The molecule has 0 unspecified atom stereocenters. The average molecular weight is 371 g/mol. The Bertz CT molecular complexity index is 223. The summed E-state index contributed by atoms with van der Waals surface area (Å²) in [5, 5.41) is 3.03. The molecule has 0 aromatic carbocycles. The number of nitrogens with two attached hydrogens (primary N) is 1. The van der Waals surface area contributed by atoms with Gasteiger partial charge in [-0.15, -0.1) is 24.0 Å². The Labute approximate surface area is 127 Å². The lowest BCUT2D eigenvalue weighted by Gasteiger charge is -2.06. The minimum absolute atomic E-state index is 0. The first-order valence-corrected chi connectivity index (χ1v) is 6.52. The van der Waals surface area contributed by atoms with Gasteiger partial charge in [-0.3, -0.25) is 4.99 Å². The van der Waals surface area contributed by atoms with Gasteiger partial charge in [-0.1, -0.05) is 0 Å². The van der Waals surface area contributed by atoms with Crippen molar-refractivity contribution in [3.63, 3.8) is 0 Å². The van der Waals surface area contributed by atoms with Crippen molar-refractivity contribution in [1.29, 1.82) is 0 Å². The van der Waals surface area contributed by atoms with Crippen LogP contribution in [0, 0.1) is 5.92 Å². The van der Waals surface area contributed by atoms with Crippen LogP contribution in [0.4, 0.5) is 0 Å². The van der Waals surface area contributed by atoms with Gasteiger partial charge in [0.1, 0.15) is 0 Å². The second kappa shape index (κ2) is 12.0. The first kappa shape index (κ1) is 17.9. The van der Waals surface area contributed by atoms with Gasteiger partial charge in [0.05, 0.1) is 6.61 Å². The lowest BCUT2D eigenvalue weighted by molar-refractivity contribution is 0.129. The predicted octanol–water partition coefficient (Wildman–Crippen LogP) is 1.36. The van der Waals surface area contributed by atoms with Crippen LogP contribution in [0.2, 0.25) is 0 Å². The van der Waals surface area contributed by atoms with Crippen LogP contribution in [-0.2, 0) is 9.47 Å². The van der Waals surface area contributed by atoms with Crippen molar-refractivity contribution < 1.29 is 9.47 Å². The molecule has 1 fully saturated rings. The highest BCUT2D eigenvalue weighted by atomic mass is 127. The first-order chi connectivity index (χ1) is 8.33. The smallest absolute Gasteiger partial charge is 0.188 e. The van der Waals surface area contributed by atoms with Gasteiger partial charge in [-0.05, 0) is 32.1 Å². The highest BCUT2D eigenvalue weighted by Crippen LogP contribution is 2.28. The maximum atomic E-state index is 5.69. The van der Waals surface area contributed by atoms with Crippen LogP contribution >= 0.6 is 24.0 Å². The Morgan fingerprint density at radius 3 is 2.78 bits per heavy atom. The Hall–Kier alpha value is -0.0800. The summed E-state index contributed by atoms with van der Waals surface area (Å²) in [6, 6.07) is 0. The van der Waals surface area contributed by atoms with Crippen molar-refractivity contribution in [3.05, 3.63) is 0 Å². The number of guanidine groups is 1. The molecule has 0 saturated heterocycles. The summed E-state index contributed by atoms with van der Waals surface area (Å²) in [5.41, 5.74) is 5.69. The lowest BCUT2D eigenvalue weighted by atomic mass is 10.4. The fourth-order valence-electron chi connectivity index (χ4n) is 1.35. The van der Waals surface area contributed by atoms with Crippen LogP contribution < -0.4 is 11.1 Å². The van der Waals surface area contributed by atoms with Gasteiger partial charge in [0.2, 0.25) is 0 Å². The SMILES string of the molecule is CCOCCCN=C(N)NCCOCC1CC1.I. The maximum absolute atomic E-state index is 5.69. The molecule has 0 radical (unpaired) electrons. The zero-order valence-electron chi connectivity index (χ0n) is 11.2. The van der Waals surface area contributed by atoms with Crippen molar-refractivity contribution in [2.75, 3.05) is 39.5 Å². The number of ether oxygens (including phenoxy) is 2. The molecule has 1 saturated carbocycles. The molecule has 0 aromatic heterocycles. The third-order valence-electron chi connectivity index (χ3n) is 2.54. The molecule has 0 heterocycles. The summed E-state index contributed by atoms with van der Waals surface area (Å²) in [5.74, 6) is 1.32. The van der Waals surface area contributed by atoms with Crippen LogP contribution in [0.5, 0.6) is 0 Å². The average Bonchev–Trinajstić information content (AvgIpc) is 3.12. The van der Waals surface area contributed by atoms with Crippen LogP contribution in [0.15, 0.2) is 4.99 Å². The monoisotopic (exact) mass is 371 g/mol. The van der Waals surface area contributed by atoms with Crippen molar-refractivity contribution in [1.82, 2.24) is 5.32 Å². The molecule has 18 heavy (non-hydrogen) atoms. The topological polar surface area (TPSA) is 68.9 Å². The van der Waals surface area contributed by atoms with E-state index in [2.05, 4.69) is 10.3 Å². The third kappa shape index (κ3) is 11.0. The third-order valence-corrected chi connectivity index (χ3v) is 2.54. The zero-order chi connectivity index (χ0) is 12.3. The molecular weight excluding hydrogens is 345 g/mol. The molecule has 0 spiro atoms. The first-order valence-electron chi connectivity index (χ1n) is 6.52. The molecular formula is C12H26IN3O2. The molecule has 1 aliphatic rings. The lowest BCUT2D eigenvalue weighted by Crippen LogP contribution is -2.34. The molecule has 1 rings (SSSR count). The molecule has 1 aliphatic carbocycles. The van der Waals surface area contributed by atoms with E-state index in [0.29, 0.717) is 19.1 Å². The second-order valence-corrected chi connectivity index (χ2v) is 4.26. The van der Waals surface area contributed by atoms with E-state index in [-0.39, 0.29) is 24.0 Å². The second-order valence-electron chi connectivity index (χ2n) is 4.26. The molecule has 108 valence electrons. The van der Waals surface area contributed by atoms with E-state index in [9.17, 15) is 0 Å². The normalized spacial score (nSPS) is 15.3. The van der Waals surface area contributed by atoms with Crippen molar-refractivity contribution in [3.8, 4) is 0 Å². The number of hydrogen-bond donors (Lipinski definition) is 2. The minimum Gasteiger partial charge on any atom is -0.382 e. The summed E-state index contributed by atoms with van der Waals surface area (Å²) >= 11 is 0. The van der Waals surface area contributed by atoms with E-state index in [0.717, 1.165) is 38.7 Å². The van der Waals surface area contributed by atoms with E-state index >= 15 is 0 Å². The van der Waals surface area contributed by atoms with E-state index in [1.54, 1.807) is 0 Å². The van der Waals surface area contributed by atoms with Crippen LogP contribution in [0.25, 0.3) is 0 Å². The summed E-state index contributed by atoms with van der Waals surface area (Å²) in [6.07, 6.45) is 3.57. The number of aliphatic imine (C=N–C) groups is 1. The summed E-state index contributed by atoms with van der Waals surface area (Å²) in [4.78, 5) is 4.19. The Kier molecular flexibility index (Phi) is 11.9. The van der Waals surface area contributed by atoms with Crippen molar-refractivity contribution in [2.24, 2.45) is 16.6 Å². The fraction of sp³-hybridized carbons (Fsp3) is 0.917. The summed E-state index contributed by atoms with van der Waals surface area (Å²) in [6.45, 7) is 6.53. The fourth-order valence-corrected chi connectivity index (χ4v) is 1.35. The highest BCUT2D eigenvalue weighted by molar-refractivity contribution is 14.0. The van der Waals surface area contributed by atoms with Gasteiger partial charge < -0.3 is 20.5 Å².